The Hall–Kier alpha value is -1.13. The highest BCUT2D eigenvalue weighted by Crippen LogP contribution is 2.24. The van der Waals surface area contributed by atoms with Crippen LogP contribution >= 0.6 is 0 Å². The van der Waals surface area contributed by atoms with Crippen molar-refractivity contribution in [1.82, 2.24) is 15.2 Å². The summed E-state index contributed by atoms with van der Waals surface area (Å²) in [4.78, 5) is 9.52. The third-order valence-corrected chi connectivity index (χ3v) is 4.43. The van der Waals surface area contributed by atoms with Crippen LogP contribution in [0.3, 0.4) is 0 Å². The second-order valence-electron chi connectivity index (χ2n) is 6.12. The van der Waals surface area contributed by atoms with Crippen LogP contribution in [0.2, 0.25) is 0 Å². The van der Waals surface area contributed by atoms with Gasteiger partial charge in [0.15, 0.2) is 0 Å². The smallest absolute Gasteiger partial charge is 0.0446 e. The number of aryl methyl sites for hydroxylation is 1. The van der Waals surface area contributed by atoms with E-state index >= 15 is 0 Å². The first-order valence-electron chi connectivity index (χ1n) is 8.27. The first-order valence-corrected chi connectivity index (χ1v) is 8.27. The highest BCUT2D eigenvalue weighted by molar-refractivity contribution is 5.54. The minimum atomic E-state index is 0.656. The van der Waals surface area contributed by atoms with Gasteiger partial charge >= 0.3 is 0 Å². The second-order valence-corrected chi connectivity index (χ2v) is 6.12. The van der Waals surface area contributed by atoms with Crippen LogP contribution in [0.15, 0.2) is 12.3 Å². The van der Waals surface area contributed by atoms with Crippen LogP contribution in [-0.2, 0) is 6.54 Å². The molecule has 2 heterocycles. The summed E-state index contributed by atoms with van der Waals surface area (Å²) in [5, 5.41) is 3.51. The van der Waals surface area contributed by atoms with Crippen LogP contribution < -0.4 is 10.2 Å². The van der Waals surface area contributed by atoms with Gasteiger partial charge in [0.25, 0.3) is 0 Å². The van der Waals surface area contributed by atoms with Crippen LogP contribution in [-0.4, -0.2) is 49.2 Å². The number of aromatic nitrogens is 1. The Kier molecular flexibility index (Phi) is 6.00. The van der Waals surface area contributed by atoms with Crippen molar-refractivity contribution >= 4 is 5.69 Å². The highest BCUT2D eigenvalue weighted by atomic mass is 15.3. The predicted molar refractivity (Wildman–Crippen MR) is 89.9 cm³/mol. The molecule has 1 aliphatic rings. The third kappa shape index (κ3) is 4.17. The number of likely N-dealkylation sites (N-methyl/N-ethyl adjacent to an activating group) is 1. The summed E-state index contributed by atoms with van der Waals surface area (Å²) in [6, 6.07) is 2.91. The predicted octanol–water partition coefficient (Wildman–Crippen LogP) is 2.42. The lowest BCUT2D eigenvalue weighted by Gasteiger charge is -2.41. The summed E-state index contributed by atoms with van der Waals surface area (Å²) in [5.74, 6) is 0. The van der Waals surface area contributed by atoms with Crippen molar-refractivity contribution < 1.29 is 0 Å². The van der Waals surface area contributed by atoms with E-state index in [2.05, 4.69) is 54.0 Å². The van der Waals surface area contributed by atoms with E-state index in [-0.39, 0.29) is 0 Å². The lowest BCUT2D eigenvalue weighted by molar-refractivity contribution is 0.213. The van der Waals surface area contributed by atoms with Gasteiger partial charge in [-0.05, 0) is 39.4 Å². The molecule has 1 unspecified atom stereocenters. The van der Waals surface area contributed by atoms with E-state index < -0.39 is 0 Å². The minimum Gasteiger partial charge on any atom is -0.368 e. The zero-order valence-corrected chi connectivity index (χ0v) is 14.0. The second kappa shape index (κ2) is 7.76. The Morgan fingerprint density at radius 2 is 2.14 bits per heavy atom. The van der Waals surface area contributed by atoms with Crippen LogP contribution in [0, 0.1) is 6.92 Å². The van der Waals surface area contributed by atoms with Crippen molar-refractivity contribution in [2.24, 2.45) is 0 Å². The van der Waals surface area contributed by atoms with E-state index in [0.29, 0.717) is 6.04 Å². The maximum atomic E-state index is 4.49. The number of pyridine rings is 1. The molecule has 4 nitrogen and oxygen atoms in total. The van der Waals surface area contributed by atoms with Crippen molar-refractivity contribution in [2.75, 3.05) is 38.1 Å². The summed E-state index contributed by atoms with van der Waals surface area (Å²) in [7, 11) is 2.24. The van der Waals surface area contributed by atoms with Crippen LogP contribution in [0.25, 0.3) is 0 Å². The van der Waals surface area contributed by atoms with Crippen molar-refractivity contribution in [2.45, 2.75) is 46.2 Å². The van der Waals surface area contributed by atoms with Crippen LogP contribution in [0.1, 0.15) is 37.9 Å². The molecular weight excluding hydrogens is 260 g/mol. The first-order chi connectivity index (χ1) is 10.2. The summed E-state index contributed by atoms with van der Waals surface area (Å²) in [5.41, 5.74) is 3.81. The Balaban J connectivity index is 2.15. The molecule has 118 valence electrons. The average molecular weight is 290 g/mol. The monoisotopic (exact) mass is 290 g/mol. The molecule has 1 aromatic heterocycles. The van der Waals surface area contributed by atoms with E-state index in [0.717, 1.165) is 38.4 Å². The number of hydrogen-bond acceptors (Lipinski definition) is 4. The maximum absolute atomic E-state index is 4.49. The topological polar surface area (TPSA) is 31.4 Å². The third-order valence-electron chi connectivity index (χ3n) is 4.43. The molecule has 0 radical (unpaired) electrons. The number of nitrogens with zero attached hydrogens (tertiary/aromatic N) is 3. The normalized spacial score (nSPS) is 20.0. The van der Waals surface area contributed by atoms with Crippen molar-refractivity contribution in [1.29, 1.82) is 0 Å². The molecule has 1 fully saturated rings. The SMILES string of the molecule is CCCNCc1cnc(C)cc1N1CCN(C)C(CC)C1. The van der Waals surface area contributed by atoms with E-state index in [1.165, 1.54) is 24.1 Å². The first kappa shape index (κ1) is 16.2. The summed E-state index contributed by atoms with van der Waals surface area (Å²) in [6.07, 6.45) is 4.42. The number of piperazine rings is 1. The minimum absolute atomic E-state index is 0.656. The van der Waals surface area contributed by atoms with Gasteiger partial charge in [0, 0.05) is 55.4 Å². The van der Waals surface area contributed by atoms with Crippen molar-refractivity contribution in [3.05, 3.63) is 23.5 Å². The number of hydrogen-bond donors (Lipinski definition) is 1. The zero-order valence-electron chi connectivity index (χ0n) is 14.0. The average Bonchev–Trinajstić information content (AvgIpc) is 2.49. The molecule has 1 atom stereocenters. The molecule has 4 heteroatoms. The fourth-order valence-corrected chi connectivity index (χ4v) is 3.01. The van der Waals surface area contributed by atoms with Gasteiger partial charge in [0.1, 0.15) is 0 Å². The fraction of sp³-hybridized carbons (Fsp3) is 0.706. The van der Waals surface area contributed by atoms with Gasteiger partial charge in [0.2, 0.25) is 0 Å². The standard InChI is InChI=1S/C17H30N4/c1-5-7-18-11-15-12-19-14(3)10-17(15)21-9-8-20(4)16(6-2)13-21/h10,12,16,18H,5-9,11,13H2,1-4H3. The zero-order chi connectivity index (χ0) is 15.2. The van der Waals surface area contributed by atoms with E-state index in [1.54, 1.807) is 0 Å². The summed E-state index contributed by atoms with van der Waals surface area (Å²) < 4.78 is 0. The molecule has 2 rings (SSSR count). The molecule has 0 bridgehead atoms. The van der Waals surface area contributed by atoms with Gasteiger partial charge in [-0.25, -0.2) is 0 Å². The van der Waals surface area contributed by atoms with Crippen LogP contribution in [0.4, 0.5) is 5.69 Å². The van der Waals surface area contributed by atoms with Gasteiger partial charge in [-0.2, -0.15) is 0 Å². The van der Waals surface area contributed by atoms with E-state index in [1.807, 2.05) is 6.20 Å². The van der Waals surface area contributed by atoms with E-state index in [9.17, 15) is 0 Å². The molecule has 1 aromatic rings. The number of nitrogens with one attached hydrogen (secondary N) is 1. The summed E-state index contributed by atoms with van der Waals surface area (Å²) in [6.45, 7) is 11.9. The van der Waals surface area contributed by atoms with Crippen molar-refractivity contribution in [3.63, 3.8) is 0 Å². The van der Waals surface area contributed by atoms with Gasteiger partial charge in [0.05, 0.1) is 0 Å². The van der Waals surface area contributed by atoms with Gasteiger partial charge in [-0.3, -0.25) is 9.88 Å². The molecule has 1 saturated heterocycles. The molecule has 0 amide bonds. The molecule has 1 aliphatic heterocycles. The molecular formula is C17H30N4. The molecule has 0 spiro atoms. The molecule has 21 heavy (non-hydrogen) atoms. The lowest BCUT2D eigenvalue weighted by Crippen LogP contribution is -2.51. The van der Waals surface area contributed by atoms with Crippen LogP contribution in [0.5, 0.6) is 0 Å². The number of anilines is 1. The Bertz CT molecular complexity index is 446. The quantitative estimate of drug-likeness (QED) is 0.815. The Labute approximate surface area is 129 Å². The largest absolute Gasteiger partial charge is 0.368 e. The lowest BCUT2D eigenvalue weighted by atomic mass is 10.1. The Morgan fingerprint density at radius 1 is 1.33 bits per heavy atom. The Morgan fingerprint density at radius 3 is 2.86 bits per heavy atom. The number of rotatable bonds is 6. The maximum Gasteiger partial charge on any atom is 0.0446 e. The fourth-order valence-electron chi connectivity index (χ4n) is 3.01. The van der Waals surface area contributed by atoms with Gasteiger partial charge < -0.3 is 10.2 Å². The van der Waals surface area contributed by atoms with Crippen molar-refractivity contribution in [3.8, 4) is 0 Å². The molecule has 1 N–H and O–H groups in total. The molecule has 0 aromatic carbocycles. The molecule has 0 aliphatic carbocycles. The molecule has 0 saturated carbocycles. The summed E-state index contributed by atoms with van der Waals surface area (Å²) >= 11 is 0. The van der Waals surface area contributed by atoms with Gasteiger partial charge in [-0.15, -0.1) is 0 Å². The van der Waals surface area contributed by atoms with Gasteiger partial charge in [-0.1, -0.05) is 13.8 Å². The van der Waals surface area contributed by atoms with E-state index in [4.69, 9.17) is 0 Å². The highest BCUT2D eigenvalue weighted by Gasteiger charge is 2.24.